The number of carbonyl (C=O) groups excluding carboxylic acids is 1. The zero-order chi connectivity index (χ0) is 20.4. The molecule has 9 nitrogen and oxygen atoms in total. The lowest BCUT2D eigenvalue weighted by Gasteiger charge is -2.34. The van der Waals surface area contributed by atoms with Crippen molar-refractivity contribution >= 4 is 23.1 Å². The lowest BCUT2D eigenvalue weighted by Crippen LogP contribution is -2.49. The van der Waals surface area contributed by atoms with Gasteiger partial charge in [0.1, 0.15) is 5.69 Å². The van der Waals surface area contributed by atoms with Crippen LogP contribution in [0.1, 0.15) is 31.9 Å². The van der Waals surface area contributed by atoms with E-state index in [0.29, 0.717) is 31.7 Å². The van der Waals surface area contributed by atoms with Gasteiger partial charge in [-0.25, -0.2) is 0 Å². The summed E-state index contributed by atoms with van der Waals surface area (Å²) < 4.78 is 0. The van der Waals surface area contributed by atoms with Crippen LogP contribution < -0.4 is 10.2 Å². The molecule has 29 heavy (non-hydrogen) atoms. The first-order chi connectivity index (χ1) is 14.0. The van der Waals surface area contributed by atoms with Gasteiger partial charge in [0.2, 0.25) is 5.91 Å². The molecule has 1 aromatic heterocycles. The normalized spacial score (nSPS) is 17.8. The molecule has 1 aliphatic heterocycles. The number of nitro benzene ring substituents is 1. The van der Waals surface area contributed by atoms with Gasteiger partial charge in [0.05, 0.1) is 4.92 Å². The van der Waals surface area contributed by atoms with Crippen LogP contribution in [0.4, 0.5) is 17.2 Å². The minimum Gasteiger partial charge on any atom is -0.379 e. The van der Waals surface area contributed by atoms with Gasteiger partial charge >= 0.3 is 0 Å². The third kappa shape index (κ3) is 4.18. The SMILES string of the molecule is CC1(c2cc(N3CCN(C(=O)CCNc4ccccc4[N+](=O)[O-])CC3)n[nH]2)CC1. The Labute approximate surface area is 169 Å². The van der Waals surface area contributed by atoms with Gasteiger partial charge in [-0.2, -0.15) is 5.10 Å². The number of nitro groups is 1. The van der Waals surface area contributed by atoms with Crippen LogP contribution in [0, 0.1) is 10.1 Å². The van der Waals surface area contributed by atoms with Crippen molar-refractivity contribution < 1.29 is 9.72 Å². The average Bonchev–Trinajstić information content (AvgIpc) is 3.28. The number of aromatic amines is 1. The first-order valence-electron chi connectivity index (χ1n) is 10.0. The van der Waals surface area contributed by atoms with Gasteiger partial charge in [-0.3, -0.25) is 20.0 Å². The summed E-state index contributed by atoms with van der Waals surface area (Å²) in [5, 5.41) is 21.7. The Morgan fingerprint density at radius 2 is 2.00 bits per heavy atom. The molecule has 0 bridgehead atoms. The number of carbonyl (C=O) groups is 1. The fraction of sp³-hybridized carbons (Fsp3) is 0.500. The lowest BCUT2D eigenvalue weighted by molar-refractivity contribution is -0.384. The van der Waals surface area contributed by atoms with E-state index in [1.165, 1.54) is 24.6 Å². The lowest BCUT2D eigenvalue weighted by atomic mass is 10.1. The molecular weight excluding hydrogens is 372 g/mol. The van der Waals surface area contributed by atoms with Crippen LogP contribution in [0.25, 0.3) is 0 Å². The van der Waals surface area contributed by atoms with E-state index in [2.05, 4.69) is 33.4 Å². The van der Waals surface area contributed by atoms with Gasteiger partial charge in [0.15, 0.2) is 5.82 Å². The second-order valence-corrected chi connectivity index (χ2v) is 8.02. The largest absolute Gasteiger partial charge is 0.379 e. The van der Waals surface area contributed by atoms with Crippen LogP contribution in [-0.2, 0) is 10.2 Å². The number of anilines is 2. The second kappa shape index (κ2) is 7.73. The van der Waals surface area contributed by atoms with Crippen molar-refractivity contribution in [2.24, 2.45) is 0 Å². The van der Waals surface area contributed by atoms with E-state index in [1.54, 1.807) is 18.2 Å². The molecule has 0 unspecified atom stereocenters. The third-order valence-electron chi connectivity index (χ3n) is 5.93. The topological polar surface area (TPSA) is 107 Å². The molecular formula is C20H26N6O3. The van der Waals surface area contributed by atoms with E-state index in [0.717, 1.165) is 18.9 Å². The minimum atomic E-state index is -0.423. The minimum absolute atomic E-state index is 0.0204. The molecule has 2 heterocycles. The molecule has 2 aromatic rings. The Balaban J connectivity index is 1.24. The van der Waals surface area contributed by atoms with E-state index < -0.39 is 4.92 Å². The number of hydrogen-bond donors (Lipinski definition) is 2. The number of hydrogen-bond acceptors (Lipinski definition) is 6. The molecule has 2 aliphatic rings. The molecule has 1 saturated carbocycles. The van der Waals surface area contributed by atoms with Crippen LogP contribution in [0.3, 0.4) is 0 Å². The molecule has 2 fully saturated rings. The maximum absolute atomic E-state index is 12.5. The van der Waals surface area contributed by atoms with Crippen molar-refractivity contribution in [3.05, 3.63) is 46.1 Å². The Hall–Kier alpha value is -3.10. The van der Waals surface area contributed by atoms with E-state index >= 15 is 0 Å². The first kappa shape index (κ1) is 19.2. The van der Waals surface area contributed by atoms with Crippen LogP contribution in [-0.4, -0.2) is 58.7 Å². The van der Waals surface area contributed by atoms with Crippen molar-refractivity contribution in [1.29, 1.82) is 0 Å². The molecule has 1 aliphatic carbocycles. The number of para-hydroxylation sites is 2. The van der Waals surface area contributed by atoms with E-state index in [9.17, 15) is 14.9 Å². The summed E-state index contributed by atoms with van der Waals surface area (Å²) in [5.74, 6) is 1.02. The number of rotatable bonds is 7. The Morgan fingerprint density at radius 1 is 1.28 bits per heavy atom. The maximum Gasteiger partial charge on any atom is 0.292 e. The van der Waals surface area contributed by atoms with Crippen molar-refractivity contribution in [2.75, 3.05) is 42.9 Å². The average molecular weight is 398 g/mol. The quantitative estimate of drug-likeness (QED) is 0.548. The number of amides is 1. The summed E-state index contributed by atoms with van der Waals surface area (Å²) >= 11 is 0. The van der Waals surface area contributed by atoms with E-state index in [-0.39, 0.29) is 17.0 Å². The molecule has 0 spiro atoms. The molecule has 1 saturated heterocycles. The summed E-state index contributed by atoms with van der Waals surface area (Å²) in [6, 6.07) is 8.61. The number of benzene rings is 1. The Kier molecular flexibility index (Phi) is 5.12. The highest BCUT2D eigenvalue weighted by atomic mass is 16.6. The van der Waals surface area contributed by atoms with E-state index in [1.807, 2.05) is 4.90 Å². The summed E-state index contributed by atoms with van der Waals surface area (Å²) in [6.07, 6.45) is 2.71. The molecule has 4 rings (SSSR count). The van der Waals surface area contributed by atoms with Crippen molar-refractivity contribution in [3.8, 4) is 0 Å². The highest BCUT2D eigenvalue weighted by Crippen LogP contribution is 2.47. The molecule has 1 aromatic carbocycles. The predicted octanol–water partition coefficient (Wildman–Crippen LogP) is 2.52. The van der Waals surface area contributed by atoms with Crippen LogP contribution in [0.5, 0.6) is 0 Å². The Morgan fingerprint density at radius 3 is 2.69 bits per heavy atom. The molecule has 0 radical (unpaired) electrons. The highest BCUT2D eigenvalue weighted by molar-refractivity contribution is 5.77. The zero-order valence-corrected chi connectivity index (χ0v) is 16.6. The summed E-state index contributed by atoms with van der Waals surface area (Å²) in [4.78, 5) is 27.2. The molecule has 154 valence electrons. The second-order valence-electron chi connectivity index (χ2n) is 8.02. The summed E-state index contributed by atoms with van der Waals surface area (Å²) in [5.41, 5.74) is 1.93. The van der Waals surface area contributed by atoms with Gasteiger partial charge in [-0.1, -0.05) is 19.1 Å². The van der Waals surface area contributed by atoms with Gasteiger partial charge in [0.25, 0.3) is 5.69 Å². The first-order valence-corrected chi connectivity index (χ1v) is 10.0. The number of H-pyrrole nitrogens is 1. The molecule has 1 amide bonds. The van der Waals surface area contributed by atoms with Gasteiger partial charge in [-0.05, 0) is 18.9 Å². The van der Waals surface area contributed by atoms with Gasteiger partial charge in [-0.15, -0.1) is 0 Å². The van der Waals surface area contributed by atoms with Gasteiger partial charge in [0, 0.05) is 62.4 Å². The number of nitrogens with zero attached hydrogens (tertiary/aromatic N) is 4. The number of piperazine rings is 1. The third-order valence-corrected chi connectivity index (χ3v) is 5.93. The summed E-state index contributed by atoms with van der Waals surface area (Å²) in [6.45, 7) is 5.44. The number of aromatic nitrogens is 2. The fourth-order valence-corrected chi connectivity index (χ4v) is 3.67. The van der Waals surface area contributed by atoms with Crippen molar-refractivity contribution in [1.82, 2.24) is 15.1 Å². The molecule has 0 atom stereocenters. The van der Waals surface area contributed by atoms with Crippen LogP contribution >= 0.6 is 0 Å². The Bertz CT molecular complexity index is 899. The predicted molar refractivity (Wildman–Crippen MR) is 110 cm³/mol. The van der Waals surface area contributed by atoms with Crippen LogP contribution in [0.15, 0.2) is 30.3 Å². The van der Waals surface area contributed by atoms with Crippen LogP contribution in [0.2, 0.25) is 0 Å². The summed E-state index contributed by atoms with van der Waals surface area (Å²) in [7, 11) is 0. The highest BCUT2D eigenvalue weighted by Gasteiger charge is 2.41. The zero-order valence-electron chi connectivity index (χ0n) is 16.6. The van der Waals surface area contributed by atoms with Crippen molar-refractivity contribution in [3.63, 3.8) is 0 Å². The van der Waals surface area contributed by atoms with Gasteiger partial charge < -0.3 is 15.1 Å². The monoisotopic (exact) mass is 398 g/mol. The molecule has 9 heteroatoms. The van der Waals surface area contributed by atoms with Crippen molar-refractivity contribution in [2.45, 2.75) is 31.6 Å². The fourth-order valence-electron chi connectivity index (χ4n) is 3.67. The maximum atomic E-state index is 12.5. The number of nitrogens with one attached hydrogen (secondary N) is 2. The molecule has 2 N–H and O–H groups in total. The standard InChI is InChI=1S/C20H26N6O3/c1-20(7-8-20)17-14-18(23-22-17)24-10-12-25(13-11-24)19(27)6-9-21-15-4-2-3-5-16(15)26(28)29/h2-5,14,21H,6-13H2,1H3,(H,22,23). The smallest absolute Gasteiger partial charge is 0.292 e. The van der Waals surface area contributed by atoms with E-state index in [4.69, 9.17) is 0 Å².